The van der Waals surface area contributed by atoms with Gasteiger partial charge < -0.3 is 9.53 Å². The third-order valence-electron chi connectivity index (χ3n) is 5.59. The first-order chi connectivity index (χ1) is 8.62. The van der Waals surface area contributed by atoms with E-state index < -0.39 is 8.32 Å². The Morgan fingerprint density at radius 2 is 1.95 bits per heavy atom. The molecule has 110 valence electrons. The summed E-state index contributed by atoms with van der Waals surface area (Å²) in [6, 6.07) is 0. The van der Waals surface area contributed by atoms with Crippen LogP contribution in [-0.4, -0.2) is 31.9 Å². The second kappa shape index (κ2) is 4.97. The summed E-state index contributed by atoms with van der Waals surface area (Å²) in [6.07, 6.45) is 1.86. The van der Waals surface area contributed by atoms with E-state index in [0.29, 0.717) is 37.1 Å². The minimum Gasteiger partial charge on any atom is -0.416 e. The van der Waals surface area contributed by atoms with Crippen molar-refractivity contribution in [3.63, 3.8) is 0 Å². The van der Waals surface area contributed by atoms with Crippen molar-refractivity contribution in [2.45, 2.75) is 64.3 Å². The Balaban J connectivity index is 1.97. The fourth-order valence-corrected chi connectivity index (χ4v) is 4.28. The molecule has 0 spiro atoms. The van der Waals surface area contributed by atoms with E-state index in [2.05, 4.69) is 33.9 Å². The maximum atomic E-state index is 11.6. The highest BCUT2D eigenvalue weighted by molar-refractivity contribution is 6.74. The summed E-state index contributed by atoms with van der Waals surface area (Å²) in [5.41, 5.74) is 0. The SMILES string of the molecule is CC(C)(C)[Si](C)(C)OCC1[C@H](O)C[C@@H]2CC(=O)C[C@H]12. The average Bonchev–Trinajstić information content (AvgIpc) is 2.69. The quantitative estimate of drug-likeness (QED) is 0.810. The maximum Gasteiger partial charge on any atom is 0.191 e. The van der Waals surface area contributed by atoms with Crippen LogP contribution < -0.4 is 0 Å². The topological polar surface area (TPSA) is 46.5 Å². The molecule has 0 aromatic rings. The van der Waals surface area contributed by atoms with Crippen LogP contribution in [0.5, 0.6) is 0 Å². The second-order valence-electron chi connectivity index (χ2n) is 7.91. The Hall–Kier alpha value is -0.193. The zero-order valence-electron chi connectivity index (χ0n) is 12.9. The molecule has 2 rings (SSSR count). The van der Waals surface area contributed by atoms with Crippen molar-refractivity contribution in [2.24, 2.45) is 17.8 Å². The van der Waals surface area contributed by atoms with Crippen LogP contribution in [0.25, 0.3) is 0 Å². The molecule has 0 bridgehead atoms. The van der Waals surface area contributed by atoms with Gasteiger partial charge in [0, 0.05) is 25.4 Å². The van der Waals surface area contributed by atoms with E-state index in [4.69, 9.17) is 4.43 Å². The highest BCUT2D eigenvalue weighted by atomic mass is 28.4. The summed E-state index contributed by atoms with van der Waals surface area (Å²) in [6.45, 7) is 11.8. The van der Waals surface area contributed by atoms with Gasteiger partial charge in [-0.05, 0) is 36.4 Å². The van der Waals surface area contributed by atoms with Crippen LogP contribution in [0, 0.1) is 17.8 Å². The molecule has 2 fully saturated rings. The Kier molecular flexibility index (Phi) is 3.98. The van der Waals surface area contributed by atoms with Gasteiger partial charge in [0.2, 0.25) is 0 Å². The molecule has 2 aliphatic rings. The Morgan fingerprint density at radius 1 is 1.32 bits per heavy atom. The summed E-state index contributed by atoms with van der Waals surface area (Å²) in [5, 5.41) is 10.4. The largest absolute Gasteiger partial charge is 0.416 e. The van der Waals surface area contributed by atoms with Gasteiger partial charge in [-0.2, -0.15) is 0 Å². The van der Waals surface area contributed by atoms with Gasteiger partial charge in [0.15, 0.2) is 8.32 Å². The number of carbonyl (C=O) groups excluding carboxylic acids is 1. The standard InChI is InChI=1S/C15H28O3Si/c1-15(2,3)19(4,5)18-9-13-12-8-11(16)6-10(12)7-14(13)17/h10,12-14,17H,6-9H2,1-5H3/t10-,12-,13?,14+/m0/s1. The minimum atomic E-state index is -1.76. The van der Waals surface area contributed by atoms with Gasteiger partial charge in [-0.1, -0.05) is 20.8 Å². The number of hydrogen-bond donors (Lipinski definition) is 1. The average molecular weight is 284 g/mol. The Morgan fingerprint density at radius 3 is 2.53 bits per heavy atom. The van der Waals surface area contributed by atoms with Gasteiger partial charge >= 0.3 is 0 Å². The summed E-state index contributed by atoms with van der Waals surface area (Å²) in [4.78, 5) is 11.6. The van der Waals surface area contributed by atoms with Crippen LogP contribution >= 0.6 is 0 Å². The van der Waals surface area contributed by atoms with Crippen LogP contribution in [0.2, 0.25) is 18.1 Å². The van der Waals surface area contributed by atoms with E-state index in [1.54, 1.807) is 0 Å². The van der Waals surface area contributed by atoms with Crippen LogP contribution in [0.15, 0.2) is 0 Å². The minimum absolute atomic E-state index is 0.172. The molecule has 2 aliphatic carbocycles. The third-order valence-corrected chi connectivity index (χ3v) is 10.1. The zero-order chi connectivity index (χ0) is 14.4. The molecule has 4 atom stereocenters. The summed E-state index contributed by atoms with van der Waals surface area (Å²) in [5.74, 6) is 1.33. The van der Waals surface area contributed by atoms with Crippen molar-refractivity contribution in [1.82, 2.24) is 0 Å². The number of rotatable bonds is 3. The highest BCUT2D eigenvalue weighted by Crippen LogP contribution is 2.47. The molecule has 0 aromatic carbocycles. The van der Waals surface area contributed by atoms with E-state index in [0.717, 1.165) is 6.42 Å². The fraction of sp³-hybridized carbons (Fsp3) is 0.933. The monoisotopic (exact) mass is 284 g/mol. The Labute approximate surface area is 117 Å². The number of Topliss-reactive ketones (excluding diaryl/α,β-unsaturated/α-hetero) is 1. The van der Waals surface area contributed by atoms with Crippen molar-refractivity contribution in [1.29, 1.82) is 0 Å². The molecule has 0 aliphatic heterocycles. The van der Waals surface area contributed by atoms with Crippen LogP contribution in [0.3, 0.4) is 0 Å². The van der Waals surface area contributed by atoms with Crippen molar-refractivity contribution in [2.75, 3.05) is 6.61 Å². The Bertz CT molecular complexity index is 359. The number of ketones is 1. The normalized spacial score (nSPS) is 35.8. The molecule has 0 amide bonds. The van der Waals surface area contributed by atoms with E-state index in [1.807, 2.05) is 0 Å². The third kappa shape index (κ3) is 2.95. The molecule has 3 nitrogen and oxygen atoms in total. The number of aliphatic hydroxyl groups is 1. The summed E-state index contributed by atoms with van der Waals surface area (Å²) >= 11 is 0. The maximum absolute atomic E-state index is 11.6. The van der Waals surface area contributed by atoms with Gasteiger partial charge in [0.25, 0.3) is 0 Å². The number of hydrogen-bond acceptors (Lipinski definition) is 3. The van der Waals surface area contributed by atoms with Gasteiger partial charge in [0.05, 0.1) is 6.10 Å². The molecule has 4 heteroatoms. The first-order valence-corrected chi connectivity index (χ1v) is 10.4. The van der Waals surface area contributed by atoms with Crippen LogP contribution in [0.4, 0.5) is 0 Å². The molecule has 0 heterocycles. The molecule has 1 N–H and O–H groups in total. The summed E-state index contributed by atoms with van der Waals surface area (Å²) < 4.78 is 6.26. The number of fused-ring (bicyclic) bond motifs is 1. The van der Waals surface area contributed by atoms with E-state index in [1.165, 1.54) is 0 Å². The predicted molar refractivity (Wildman–Crippen MR) is 78.5 cm³/mol. The van der Waals surface area contributed by atoms with Crippen LogP contribution in [-0.2, 0) is 9.22 Å². The van der Waals surface area contributed by atoms with Crippen molar-refractivity contribution in [3.8, 4) is 0 Å². The lowest BCUT2D eigenvalue weighted by Crippen LogP contribution is -2.43. The van der Waals surface area contributed by atoms with Crippen molar-refractivity contribution in [3.05, 3.63) is 0 Å². The van der Waals surface area contributed by atoms with Gasteiger partial charge in [0.1, 0.15) is 5.78 Å². The van der Waals surface area contributed by atoms with Crippen LogP contribution in [0.1, 0.15) is 40.0 Å². The number of carbonyl (C=O) groups is 1. The van der Waals surface area contributed by atoms with Crippen molar-refractivity contribution < 1.29 is 14.3 Å². The predicted octanol–water partition coefficient (Wildman–Crippen LogP) is 2.98. The molecule has 0 saturated heterocycles. The molecule has 0 aromatic heterocycles. The first kappa shape index (κ1) is 15.2. The second-order valence-corrected chi connectivity index (χ2v) is 12.7. The molecule has 1 unspecified atom stereocenters. The van der Waals surface area contributed by atoms with Crippen molar-refractivity contribution >= 4 is 14.1 Å². The smallest absolute Gasteiger partial charge is 0.191 e. The zero-order valence-corrected chi connectivity index (χ0v) is 13.9. The molecule has 2 saturated carbocycles. The lowest BCUT2D eigenvalue weighted by atomic mass is 9.92. The van der Waals surface area contributed by atoms with Gasteiger partial charge in [-0.15, -0.1) is 0 Å². The lowest BCUT2D eigenvalue weighted by Gasteiger charge is -2.37. The molecular formula is C15H28O3Si. The number of aliphatic hydroxyl groups excluding tert-OH is 1. The molecule has 19 heavy (non-hydrogen) atoms. The van der Waals surface area contributed by atoms with E-state index in [-0.39, 0.29) is 17.1 Å². The van der Waals surface area contributed by atoms with Gasteiger partial charge in [-0.25, -0.2) is 0 Å². The highest BCUT2D eigenvalue weighted by Gasteiger charge is 2.48. The fourth-order valence-electron chi connectivity index (χ4n) is 3.24. The van der Waals surface area contributed by atoms with Gasteiger partial charge in [-0.3, -0.25) is 4.79 Å². The van der Waals surface area contributed by atoms with E-state index >= 15 is 0 Å². The molecular weight excluding hydrogens is 256 g/mol. The molecule has 0 radical (unpaired) electrons. The summed E-state index contributed by atoms with van der Waals surface area (Å²) in [7, 11) is -1.76. The first-order valence-electron chi connectivity index (χ1n) is 7.45. The van der Waals surface area contributed by atoms with E-state index in [9.17, 15) is 9.90 Å². The lowest BCUT2D eigenvalue weighted by molar-refractivity contribution is -0.118.